The minimum absolute atomic E-state index is 0.0621. The Morgan fingerprint density at radius 3 is 2.75 bits per heavy atom. The van der Waals surface area contributed by atoms with Gasteiger partial charge in [-0.05, 0) is 38.1 Å². The fourth-order valence-electron chi connectivity index (χ4n) is 2.46. The normalized spacial score (nSPS) is 10.5. The van der Waals surface area contributed by atoms with Crippen LogP contribution in [-0.2, 0) is 9.53 Å². The number of aryl methyl sites for hydroxylation is 1. The summed E-state index contributed by atoms with van der Waals surface area (Å²) in [5.74, 6) is -0.311. The Bertz CT molecular complexity index is 987. The van der Waals surface area contributed by atoms with E-state index in [0.717, 1.165) is 22.9 Å². The first-order valence-electron chi connectivity index (χ1n) is 8.66. The molecule has 8 heteroatoms. The second-order valence-corrected chi connectivity index (χ2v) is 6.77. The van der Waals surface area contributed by atoms with Gasteiger partial charge >= 0.3 is 5.97 Å². The van der Waals surface area contributed by atoms with Crippen molar-refractivity contribution in [2.75, 3.05) is 17.7 Å². The van der Waals surface area contributed by atoms with Crippen LogP contribution in [0.2, 0.25) is 0 Å². The van der Waals surface area contributed by atoms with Crippen LogP contribution in [0, 0.1) is 6.92 Å². The zero-order valence-electron chi connectivity index (χ0n) is 15.5. The van der Waals surface area contributed by atoms with E-state index < -0.39 is 5.97 Å². The Morgan fingerprint density at radius 2 is 1.96 bits per heavy atom. The highest BCUT2D eigenvalue weighted by Gasteiger charge is 2.15. The van der Waals surface area contributed by atoms with Gasteiger partial charge in [-0.1, -0.05) is 41.6 Å². The van der Waals surface area contributed by atoms with Crippen LogP contribution in [0.25, 0.3) is 11.5 Å². The summed E-state index contributed by atoms with van der Waals surface area (Å²) >= 11 is 1.12. The lowest BCUT2D eigenvalue weighted by molar-refractivity contribution is -0.113. The van der Waals surface area contributed by atoms with E-state index in [2.05, 4.69) is 15.5 Å². The molecule has 0 bridgehead atoms. The molecule has 3 rings (SSSR count). The number of carbonyl (C=O) groups excluding carboxylic acids is 2. The van der Waals surface area contributed by atoms with Crippen LogP contribution in [0.4, 0.5) is 5.69 Å². The van der Waals surface area contributed by atoms with Gasteiger partial charge in [0.2, 0.25) is 11.8 Å². The number of hydrogen-bond donors (Lipinski definition) is 1. The number of amides is 1. The Hall–Kier alpha value is -3.13. The van der Waals surface area contributed by atoms with Crippen LogP contribution in [0.15, 0.2) is 58.2 Å². The second kappa shape index (κ2) is 9.18. The SMILES string of the molecule is CCOC(=O)c1ccccc1NC(=O)CSc1nnc(-c2cccc(C)c2)o1. The van der Waals surface area contributed by atoms with E-state index in [1.54, 1.807) is 31.2 Å². The highest BCUT2D eigenvalue weighted by molar-refractivity contribution is 7.99. The summed E-state index contributed by atoms with van der Waals surface area (Å²) in [6.45, 7) is 3.97. The number of nitrogens with one attached hydrogen (secondary N) is 1. The smallest absolute Gasteiger partial charge is 0.340 e. The van der Waals surface area contributed by atoms with Crippen LogP contribution >= 0.6 is 11.8 Å². The van der Waals surface area contributed by atoms with Gasteiger partial charge in [-0.2, -0.15) is 0 Å². The molecule has 0 aliphatic heterocycles. The first kappa shape index (κ1) is 19.6. The fraction of sp³-hybridized carbons (Fsp3) is 0.200. The third-order valence-corrected chi connectivity index (χ3v) is 4.51. The second-order valence-electron chi connectivity index (χ2n) is 5.85. The average molecular weight is 397 g/mol. The molecule has 0 unspecified atom stereocenters. The molecule has 2 aromatic carbocycles. The molecule has 0 spiro atoms. The van der Waals surface area contributed by atoms with Gasteiger partial charge in [-0.3, -0.25) is 4.79 Å². The molecule has 7 nitrogen and oxygen atoms in total. The van der Waals surface area contributed by atoms with Gasteiger partial charge in [-0.25, -0.2) is 4.79 Å². The number of thioether (sulfide) groups is 1. The summed E-state index contributed by atoms with van der Waals surface area (Å²) in [6.07, 6.45) is 0. The Labute approximate surface area is 166 Å². The summed E-state index contributed by atoms with van der Waals surface area (Å²) in [5.41, 5.74) is 2.62. The number of aromatic nitrogens is 2. The maximum absolute atomic E-state index is 12.3. The number of para-hydroxylation sites is 1. The number of anilines is 1. The zero-order valence-corrected chi connectivity index (χ0v) is 16.3. The number of esters is 1. The molecule has 28 heavy (non-hydrogen) atoms. The summed E-state index contributed by atoms with van der Waals surface area (Å²) in [4.78, 5) is 24.2. The lowest BCUT2D eigenvalue weighted by Crippen LogP contribution is -2.17. The molecular formula is C20H19N3O4S. The Morgan fingerprint density at radius 1 is 1.14 bits per heavy atom. The van der Waals surface area contributed by atoms with Crippen molar-refractivity contribution >= 4 is 29.3 Å². The molecule has 0 aliphatic rings. The molecule has 1 N–H and O–H groups in total. The van der Waals surface area contributed by atoms with E-state index in [-0.39, 0.29) is 18.3 Å². The van der Waals surface area contributed by atoms with Crippen molar-refractivity contribution in [1.82, 2.24) is 10.2 Å². The molecule has 0 atom stereocenters. The van der Waals surface area contributed by atoms with Crippen LogP contribution in [0.1, 0.15) is 22.8 Å². The van der Waals surface area contributed by atoms with Gasteiger partial charge in [0.05, 0.1) is 23.6 Å². The lowest BCUT2D eigenvalue weighted by atomic mass is 10.1. The van der Waals surface area contributed by atoms with Crippen molar-refractivity contribution in [3.05, 3.63) is 59.7 Å². The van der Waals surface area contributed by atoms with E-state index in [4.69, 9.17) is 9.15 Å². The topological polar surface area (TPSA) is 94.3 Å². The predicted octanol–water partition coefficient (Wildman–Crippen LogP) is 3.95. The number of ether oxygens (including phenoxy) is 1. The molecule has 1 amide bonds. The van der Waals surface area contributed by atoms with Gasteiger partial charge in [0.1, 0.15) is 0 Å². The highest BCUT2D eigenvalue weighted by atomic mass is 32.2. The van der Waals surface area contributed by atoms with Crippen LogP contribution < -0.4 is 5.32 Å². The van der Waals surface area contributed by atoms with Gasteiger partial charge < -0.3 is 14.5 Å². The van der Waals surface area contributed by atoms with Crippen molar-refractivity contribution in [2.24, 2.45) is 0 Å². The molecule has 144 valence electrons. The molecule has 0 saturated carbocycles. The summed E-state index contributed by atoms with van der Waals surface area (Å²) < 4.78 is 10.6. The third-order valence-electron chi connectivity index (χ3n) is 3.69. The maximum atomic E-state index is 12.3. The zero-order chi connectivity index (χ0) is 19.9. The average Bonchev–Trinajstić information content (AvgIpc) is 3.16. The number of hydrogen-bond acceptors (Lipinski definition) is 7. The van der Waals surface area contributed by atoms with E-state index in [0.29, 0.717) is 22.4 Å². The summed E-state index contributed by atoms with van der Waals surface area (Å²) in [5, 5.41) is 11.0. The van der Waals surface area contributed by atoms with E-state index in [1.807, 2.05) is 31.2 Å². The number of benzene rings is 2. The molecule has 0 saturated heterocycles. The standard InChI is InChI=1S/C20H19N3O4S/c1-3-26-19(25)15-9-4-5-10-16(15)21-17(24)12-28-20-23-22-18(27-20)14-8-6-7-13(2)11-14/h4-11H,3,12H2,1-2H3,(H,21,24). The van der Waals surface area contributed by atoms with Crippen LogP contribution in [0.5, 0.6) is 0 Å². The number of carbonyl (C=O) groups is 2. The largest absolute Gasteiger partial charge is 0.462 e. The van der Waals surface area contributed by atoms with Crippen molar-refractivity contribution in [3.8, 4) is 11.5 Å². The van der Waals surface area contributed by atoms with Gasteiger partial charge in [0, 0.05) is 5.56 Å². The molecule has 0 aliphatic carbocycles. The molecular weight excluding hydrogens is 378 g/mol. The Kier molecular flexibility index (Phi) is 6.44. The number of nitrogens with zero attached hydrogens (tertiary/aromatic N) is 2. The van der Waals surface area contributed by atoms with E-state index in [1.165, 1.54) is 0 Å². The predicted molar refractivity (Wildman–Crippen MR) is 106 cm³/mol. The van der Waals surface area contributed by atoms with E-state index >= 15 is 0 Å². The summed E-state index contributed by atoms with van der Waals surface area (Å²) in [7, 11) is 0. The monoisotopic (exact) mass is 397 g/mol. The fourth-order valence-corrected chi connectivity index (χ4v) is 3.02. The van der Waals surface area contributed by atoms with Crippen molar-refractivity contribution < 1.29 is 18.7 Å². The maximum Gasteiger partial charge on any atom is 0.340 e. The van der Waals surface area contributed by atoms with Crippen molar-refractivity contribution in [2.45, 2.75) is 19.1 Å². The first-order chi connectivity index (χ1) is 13.6. The molecule has 1 aromatic heterocycles. The van der Waals surface area contributed by atoms with Gasteiger partial charge in [0.25, 0.3) is 5.22 Å². The molecule has 3 aromatic rings. The Balaban J connectivity index is 1.61. The third kappa shape index (κ3) is 4.98. The van der Waals surface area contributed by atoms with Crippen LogP contribution in [0.3, 0.4) is 0 Å². The van der Waals surface area contributed by atoms with Gasteiger partial charge in [-0.15, -0.1) is 10.2 Å². The molecule has 0 fully saturated rings. The minimum atomic E-state index is -0.481. The van der Waals surface area contributed by atoms with Crippen LogP contribution in [-0.4, -0.2) is 34.4 Å². The lowest BCUT2D eigenvalue weighted by Gasteiger charge is -2.09. The molecule has 1 heterocycles. The summed E-state index contributed by atoms with van der Waals surface area (Å²) in [6, 6.07) is 14.4. The van der Waals surface area contributed by atoms with Crippen molar-refractivity contribution in [3.63, 3.8) is 0 Å². The van der Waals surface area contributed by atoms with Gasteiger partial charge in [0.15, 0.2) is 0 Å². The minimum Gasteiger partial charge on any atom is -0.462 e. The highest BCUT2D eigenvalue weighted by Crippen LogP contribution is 2.24. The number of rotatable bonds is 7. The van der Waals surface area contributed by atoms with E-state index in [9.17, 15) is 9.59 Å². The quantitative estimate of drug-likeness (QED) is 0.476. The molecule has 0 radical (unpaired) electrons. The first-order valence-corrected chi connectivity index (χ1v) is 9.64. The van der Waals surface area contributed by atoms with Crippen molar-refractivity contribution in [1.29, 1.82) is 0 Å².